The van der Waals surface area contributed by atoms with Crippen LogP contribution in [0.25, 0.3) is 0 Å². The first kappa shape index (κ1) is 14.3. The highest BCUT2D eigenvalue weighted by molar-refractivity contribution is 7.80. The van der Waals surface area contributed by atoms with E-state index in [2.05, 4.69) is 0 Å². The van der Waals surface area contributed by atoms with Crippen molar-refractivity contribution >= 4 is 17.2 Å². The second-order valence-corrected chi connectivity index (χ2v) is 4.88. The van der Waals surface area contributed by atoms with Gasteiger partial charge in [0.2, 0.25) is 0 Å². The lowest BCUT2D eigenvalue weighted by Gasteiger charge is -2.13. The largest absolute Gasteiger partial charge is 0.496 e. The molecular weight excluding hydrogens is 270 g/mol. The quantitative estimate of drug-likeness (QED) is 0.858. The van der Waals surface area contributed by atoms with Crippen molar-refractivity contribution in [2.75, 3.05) is 7.11 Å². The predicted molar refractivity (Wildman–Crippen MR) is 84.4 cm³/mol. The van der Waals surface area contributed by atoms with Gasteiger partial charge in [-0.1, -0.05) is 30.4 Å². The van der Waals surface area contributed by atoms with Crippen LogP contribution >= 0.6 is 12.2 Å². The van der Waals surface area contributed by atoms with Crippen LogP contribution in [0, 0.1) is 6.92 Å². The first-order valence-corrected chi connectivity index (χ1v) is 6.68. The summed E-state index contributed by atoms with van der Waals surface area (Å²) in [6.45, 7) is 2.42. The molecule has 4 heteroatoms. The summed E-state index contributed by atoms with van der Waals surface area (Å²) in [5, 5.41) is 0. The van der Waals surface area contributed by atoms with E-state index in [1.807, 2.05) is 49.4 Å². The summed E-state index contributed by atoms with van der Waals surface area (Å²) in [6.07, 6.45) is 0. The molecule has 0 aliphatic carbocycles. The van der Waals surface area contributed by atoms with Crippen molar-refractivity contribution in [2.24, 2.45) is 5.73 Å². The molecule has 0 radical (unpaired) electrons. The van der Waals surface area contributed by atoms with Crippen LogP contribution in [0.4, 0.5) is 0 Å². The maximum absolute atomic E-state index is 5.84. The number of methoxy groups -OCH3 is 1. The molecule has 3 nitrogen and oxygen atoms in total. The number of thiocarbonyl (C=S) groups is 1. The lowest BCUT2D eigenvalue weighted by Crippen LogP contribution is -2.10. The molecule has 0 fully saturated rings. The zero-order chi connectivity index (χ0) is 14.5. The summed E-state index contributed by atoms with van der Waals surface area (Å²) in [5.74, 6) is 1.62. The Hall–Kier alpha value is -2.07. The fourth-order valence-corrected chi connectivity index (χ4v) is 2.05. The highest BCUT2D eigenvalue weighted by Gasteiger charge is 2.07. The van der Waals surface area contributed by atoms with E-state index in [1.54, 1.807) is 7.11 Å². The van der Waals surface area contributed by atoms with E-state index in [0.717, 1.165) is 28.2 Å². The fourth-order valence-electron chi connectivity index (χ4n) is 1.92. The smallest absolute Gasteiger partial charge is 0.125 e. The summed E-state index contributed by atoms with van der Waals surface area (Å²) in [6, 6.07) is 13.5. The molecule has 0 aliphatic heterocycles. The van der Waals surface area contributed by atoms with Gasteiger partial charge in [-0.3, -0.25) is 0 Å². The first-order chi connectivity index (χ1) is 9.61. The van der Waals surface area contributed by atoms with E-state index in [1.165, 1.54) is 0 Å². The zero-order valence-corrected chi connectivity index (χ0v) is 12.4. The van der Waals surface area contributed by atoms with Gasteiger partial charge < -0.3 is 15.2 Å². The average Bonchev–Trinajstić information content (AvgIpc) is 2.46. The van der Waals surface area contributed by atoms with Crippen molar-refractivity contribution in [1.82, 2.24) is 0 Å². The number of para-hydroxylation sites is 1. The number of hydrogen-bond donors (Lipinski definition) is 1. The van der Waals surface area contributed by atoms with Gasteiger partial charge >= 0.3 is 0 Å². The molecule has 0 saturated carbocycles. The van der Waals surface area contributed by atoms with Crippen LogP contribution in [-0.4, -0.2) is 12.1 Å². The summed E-state index contributed by atoms with van der Waals surface area (Å²) in [4.78, 5) is 0.366. The van der Waals surface area contributed by atoms with Crippen LogP contribution in [0.5, 0.6) is 11.5 Å². The molecule has 0 amide bonds. The lowest BCUT2D eigenvalue weighted by molar-refractivity contribution is 0.295. The molecule has 2 aromatic rings. The van der Waals surface area contributed by atoms with Crippen molar-refractivity contribution in [3.63, 3.8) is 0 Å². The fraction of sp³-hybridized carbons (Fsp3) is 0.188. The number of rotatable bonds is 5. The Morgan fingerprint density at radius 1 is 1.15 bits per heavy atom. The van der Waals surface area contributed by atoms with E-state index in [-0.39, 0.29) is 0 Å². The molecule has 2 N–H and O–H groups in total. The van der Waals surface area contributed by atoms with E-state index < -0.39 is 0 Å². The molecule has 0 unspecified atom stereocenters. The minimum Gasteiger partial charge on any atom is -0.496 e. The SMILES string of the molecule is COc1ccc(C(N)=S)cc1COc1ccccc1C. The predicted octanol–water partition coefficient (Wildman–Crippen LogP) is 3.22. The van der Waals surface area contributed by atoms with Crippen LogP contribution < -0.4 is 15.2 Å². The molecule has 2 rings (SSSR count). The van der Waals surface area contributed by atoms with Gasteiger partial charge in [-0.2, -0.15) is 0 Å². The Balaban J connectivity index is 2.22. The molecular formula is C16H17NO2S. The minimum atomic E-state index is 0.366. The minimum absolute atomic E-state index is 0.366. The van der Waals surface area contributed by atoms with Gasteiger partial charge in [0, 0.05) is 11.1 Å². The molecule has 20 heavy (non-hydrogen) atoms. The lowest BCUT2D eigenvalue weighted by atomic mass is 10.1. The molecule has 0 heterocycles. The standard InChI is InChI=1S/C16H17NO2S/c1-11-5-3-4-6-14(11)19-10-13-9-12(16(17)20)7-8-15(13)18-2/h3-9H,10H2,1-2H3,(H2,17,20). The van der Waals surface area contributed by atoms with Gasteiger partial charge in [-0.25, -0.2) is 0 Å². The number of hydrogen-bond acceptors (Lipinski definition) is 3. The number of nitrogens with two attached hydrogens (primary N) is 1. The maximum atomic E-state index is 5.84. The Morgan fingerprint density at radius 3 is 2.55 bits per heavy atom. The highest BCUT2D eigenvalue weighted by atomic mass is 32.1. The molecule has 0 aliphatic rings. The number of aryl methyl sites for hydroxylation is 1. The van der Waals surface area contributed by atoms with Crippen LogP contribution in [0.3, 0.4) is 0 Å². The molecule has 0 spiro atoms. The normalized spacial score (nSPS) is 10.1. The van der Waals surface area contributed by atoms with Gasteiger partial charge in [0.05, 0.1) is 7.11 Å². The second kappa shape index (κ2) is 6.39. The van der Waals surface area contributed by atoms with Gasteiger partial charge in [-0.15, -0.1) is 0 Å². The van der Waals surface area contributed by atoms with Crippen molar-refractivity contribution in [1.29, 1.82) is 0 Å². The van der Waals surface area contributed by atoms with Crippen LogP contribution in [0.15, 0.2) is 42.5 Å². The third-order valence-electron chi connectivity index (χ3n) is 3.04. The first-order valence-electron chi connectivity index (χ1n) is 6.27. The van der Waals surface area contributed by atoms with Crippen LogP contribution in [0.1, 0.15) is 16.7 Å². The van der Waals surface area contributed by atoms with Gasteiger partial charge in [-0.05, 0) is 36.8 Å². The summed E-state index contributed by atoms with van der Waals surface area (Å²) < 4.78 is 11.2. The molecule has 0 saturated heterocycles. The number of ether oxygens (including phenoxy) is 2. The molecule has 0 aromatic heterocycles. The Labute approximate surface area is 124 Å². The topological polar surface area (TPSA) is 44.5 Å². The Kier molecular flexibility index (Phi) is 4.58. The van der Waals surface area contributed by atoms with Crippen molar-refractivity contribution in [2.45, 2.75) is 13.5 Å². The van der Waals surface area contributed by atoms with Crippen LogP contribution in [-0.2, 0) is 6.61 Å². The van der Waals surface area contributed by atoms with Crippen molar-refractivity contribution in [3.05, 3.63) is 59.2 Å². The van der Waals surface area contributed by atoms with Gasteiger partial charge in [0.15, 0.2) is 0 Å². The van der Waals surface area contributed by atoms with E-state index in [4.69, 9.17) is 27.4 Å². The molecule has 104 valence electrons. The summed E-state index contributed by atoms with van der Waals surface area (Å²) >= 11 is 5.00. The molecule has 0 atom stereocenters. The van der Waals surface area contributed by atoms with E-state index in [9.17, 15) is 0 Å². The third kappa shape index (κ3) is 3.27. The summed E-state index contributed by atoms with van der Waals surface area (Å²) in [5.41, 5.74) is 8.48. The number of benzene rings is 2. The zero-order valence-electron chi connectivity index (χ0n) is 11.6. The van der Waals surface area contributed by atoms with Gasteiger partial charge in [0.1, 0.15) is 23.1 Å². The average molecular weight is 287 g/mol. The summed E-state index contributed by atoms with van der Waals surface area (Å²) in [7, 11) is 1.63. The Morgan fingerprint density at radius 2 is 1.90 bits per heavy atom. The third-order valence-corrected chi connectivity index (χ3v) is 3.28. The van der Waals surface area contributed by atoms with Crippen molar-refractivity contribution in [3.8, 4) is 11.5 Å². The van der Waals surface area contributed by atoms with E-state index in [0.29, 0.717) is 11.6 Å². The van der Waals surface area contributed by atoms with Gasteiger partial charge in [0.25, 0.3) is 0 Å². The highest BCUT2D eigenvalue weighted by Crippen LogP contribution is 2.23. The van der Waals surface area contributed by atoms with Crippen LogP contribution in [0.2, 0.25) is 0 Å². The Bertz CT molecular complexity index is 626. The van der Waals surface area contributed by atoms with E-state index >= 15 is 0 Å². The second-order valence-electron chi connectivity index (χ2n) is 4.45. The maximum Gasteiger partial charge on any atom is 0.125 e. The molecule has 0 bridgehead atoms. The monoisotopic (exact) mass is 287 g/mol. The van der Waals surface area contributed by atoms with Crippen molar-refractivity contribution < 1.29 is 9.47 Å². The molecule has 2 aromatic carbocycles.